The van der Waals surface area contributed by atoms with Gasteiger partial charge in [-0.1, -0.05) is 0 Å². The monoisotopic (exact) mass is 264 g/mol. The number of halogens is 3. The number of piperazine rings is 1. The number of nitrogens with zero attached hydrogens (tertiary/aromatic N) is 1. The van der Waals surface area contributed by atoms with Crippen molar-refractivity contribution in [2.45, 2.75) is 57.3 Å². The van der Waals surface area contributed by atoms with Crippen LogP contribution in [0.25, 0.3) is 0 Å². The molecule has 1 saturated carbocycles. The molecule has 18 heavy (non-hydrogen) atoms. The van der Waals surface area contributed by atoms with Gasteiger partial charge in [-0.3, -0.25) is 4.90 Å². The molecule has 1 heterocycles. The summed E-state index contributed by atoms with van der Waals surface area (Å²) >= 11 is 0. The van der Waals surface area contributed by atoms with E-state index < -0.39 is 12.6 Å². The molecule has 2 nitrogen and oxygen atoms in total. The van der Waals surface area contributed by atoms with E-state index in [0.29, 0.717) is 12.6 Å². The molecule has 0 aromatic carbocycles. The van der Waals surface area contributed by atoms with Gasteiger partial charge in [0.05, 0.1) is 0 Å². The summed E-state index contributed by atoms with van der Waals surface area (Å²) in [5.41, 5.74) is -0.0308. The molecule has 0 aromatic rings. The lowest BCUT2D eigenvalue weighted by Gasteiger charge is -2.46. The van der Waals surface area contributed by atoms with Crippen LogP contribution in [0.3, 0.4) is 0 Å². The summed E-state index contributed by atoms with van der Waals surface area (Å²) in [6.45, 7) is 6.54. The van der Waals surface area contributed by atoms with Crippen molar-refractivity contribution < 1.29 is 13.2 Å². The van der Waals surface area contributed by atoms with Crippen LogP contribution in [-0.2, 0) is 0 Å². The largest absolute Gasteiger partial charge is 0.389 e. The Kier molecular flexibility index (Phi) is 3.93. The number of alkyl halides is 3. The van der Waals surface area contributed by atoms with Crippen molar-refractivity contribution in [1.29, 1.82) is 0 Å². The second-order valence-corrected chi connectivity index (χ2v) is 6.30. The minimum atomic E-state index is -4.02. The fraction of sp³-hybridized carbons (Fsp3) is 1.00. The van der Waals surface area contributed by atoms with Crippen LogP contribution in [0.15, 0.2) is 0 Å². The predicted octanol–water partition coefficient (Wildman–Crippen LogP) is 2.79. The average Bonchev–Trinajstić information content (AvgIpc) is 3.02. The lowest BCUT2D eigenvalue weighted by Crippen LogP contribution is -2.62. The maximum atomic E-state index is 12.2. The molecule has 1 saturated heterocycles. The lowest BCUT2D eigenvalue weighted by atomic mass is 9.95. The second kappa shape index (κ2) is 5.00. The summed E-state index contributed by atoms with van der Waals surface area (Å²) < 4.78 is 36.6. The van der Waals surface area contributed by atoms with Crippen LogP contribution in [0.1, 0.15) is 39.5 Å². The van der Waals surface area contributed by atoms with Crippen LogP contribution in [0.5, 0.6) is 0 Å². The fourth-order valence-corrected chi connectivity index (χ4v) is 2.72. The van der Waals surface area contributed by atoms with Gasteiger partial charge in [0, 0.05) is 31.1 Å². The maximum Gasteiger partial charge on any atom is 0.389 e. The van der Waals surface area contributed by atoms with Crippen LogP contribution in [-0.4, -0.2) is 42.3 Å². The van der Waals surface area contributed by atoms with Gasteiger partial charge in [0.2, 0.25) is 0 Å². The molecule has 1 atom stereocenters. The van der Waals surface area contributed by atoms with Crippen LogP contribution < -0.4 is 5.32 Å². The highest BCUT2D eigenvalue weighted by atomic mass is 19.4. The average molecular weight is 264 g/mol. The smallest absolute Gasteiger partial charge is 0.311 e. The van der Waals surface area contributed by atoms with Crippen molar-refractivity contribution in [1.82, 2.24) is 10.2 Å². The predicted molar refractivity (Wildman–Crippen MR) is 65.5 cm³/mol. The second-order valence-electron chi connectivity index (χ2n) is 6.30. The van der Waals surface area contributed by atoms with E-state index in [2.05, 4.69) is 24.1 Å². The van der Waals surface area contributed by atoms with Crippen molar-refractivity contribution in [3.8, 4) is 0 Å². The molecule has 106 valence electrons. The first-order chi connectivity index (χ1) is 8.28. The van der Waals surface area contributed by atoms with E-state index in [1.54, 1.807) is 0 Å². The molecule has 1 N–H and O–H groups in total. The molecule has 0 radical (unpaired) electrons. The van der Waals surface area contributed by atoms with Gasteiger partial charge in [0.25, 0.3) is 0 Å². The topological polar surface area (TPSA) is 15.3 Å². The normalized spacial score (nSPS) is 29.5. The Bertz CT molecular complexity index is 284. The van der Waals surface area contributed by atoms with Crippen LogP contribution in [0.4, 0.5) is 13.2 Å². The third-order valence-corrected chi connectivity index (χ3v) is 4.15. The molecule has 1 unspecified atom stereocenters. The Morgan fingerprint density at radius 2 is 1.94 bits per heavy atom. The molecule has 2 fully saturated rings. The molecule has 5 heteroatoms. The van der Waals surface area contributed by atoms with Crippen LogP contribution >= 0.6 is 0 Å². The molecule has 2 rings (SSSR count). The highest BCUT2D eigenvalue weighted by Gasteiger charge is 2.40. The number of hydrogen-bond donors (Lipinski definition) is 1. The standard InChI is InChI=1S/C13H23F3N2/c1-12(2)9-17-11(10-4-5-10)8-18(12)7-3-6-13(14,15)16/h10-11,17H,3-9H2,1-2H3. The summed E-state index contributed by atoms with van der Waals surface area (Å²) in [5, 5.41) is 3.54. The molecule has 0 amide bonds. The minimum absolute atomic E-state index is 0.0308. The zero-order valence-corrected chi connectivity index (χ0v) is 11.2. The lowest BCUT2D eigenvalue weighted by molar-refractivity contribution is -0.137. The Hall–Kier alpha value is -0.290. The summed E-state index contributed by atoms with van der Waals surface area (Å²) in [4.78, 5) is 2.23. The zero-order chi connectivity index (χ0) is 13.4. The van der Waals surface area contributed by atoms with E-state index in [9.17, 15) is 13.2 Å². The van der Waals surface area contributed by atoms with Gasteiger partial charge in [-0.25, -0.2) is 0 Å². The summed E-state index contributed by atoms with van der Waals surface area (Å²) in [6.07, 6.45) is -1.93. The van der Waals surface area contributed by atoms with Crippen molar-refractivity contribution in [3.05, 3.63) is 0 Å². The summed E-state index contributed by atoms with van der Waals surface area (Å²) in [5.74, 6) is 0.756. The molecular formula is C13H23F3N2. The number of nitrogens with one attached hydrogen (secondary N) is 1. The highest BCUT2D eigenvalue weighted by molar-refractivity contribution is 4.98. The molecule has 2 aliphatic rings. The Morgan fingerprint density at radius 1 is 1.28 bits per heavy atom. The Balaban J connectivity index is 1.82. The molecule has 1 aliphatic heterocycles. The summed E-state index contributed by atoms with van der Waals surface area (Å²) in [6, 6.07) is 0.490. The third kappa shape index (κ3) is 3.85. The number of rotatable bonds is 4. The van der Waals surface area contributed by atoms with Gasteiger partial charge in [-0.2, -0.15) is 13.2 Å². The van der Waals surface area contributed by atoms with Crippen LogP contribution in [0.2, 0.25) is 0 Å². The maximum absolute atomic E-state index is 12.2. The van der Waals surface area contributed by atoms with E-state index in [1.165, 1.54) is 12.8 Å². The van der Waals surface area contributed by atoms with Gasteiger partial charge >= 0.3 is 6.18 Å². The van der Waals surface area contributed by atoms with Gasteiger partial charge in [-0.05, 0) is 45.6 Å². The molecule has 1 aliphatic carbocycles. The van der Waals surface area contributed by atoms with E-state index in [0.717, 1.165) is 19.0 Å². The SMILES string of the molecule is CC1(C)CNC(C2CC2)CN1CCCC(F)(F)F. The fourth-order valence-electron chi connectivity index (χ4n) is 2.72. The van der Waals surface area contributed by atoms with Crippen molar-refractivity contribution in [3.63, 3.8) is 0 Å². The van der Waals surface area contributed by atoms with Crippen molar-refractivity contribution in [2.75, 3.05) is 19.6 Å². The summed E-state index contributed by atoms with van der Waals surface area (Å²) in [7, 11) is 0. The molecule has 0 bridgehead atoms. The van der Waals surface area contributed by atoms with Gasteiger partial charge in [0.1, 0.15) is 0 Å². The quantitative estimate of drug-likeness (QED) is 0.840. The minimum Gasteiger partial charge on any atom is -0.311 e. The molecule has 0 spiro atoms. The van der Waals surface area contributed by atoms with E-state index in [-0.39, 0.29) is 12.0 Å². The molecular weight excluding hydrogens is 241 g/mol. The first-order valence-corrected chi connectivity index (χ1v) is 6.83. The van der Waals surface area contributed by atoms with E-state index >= 15 is 0 Å². The van der Waals surface area contributed by atoms with Gasteiger partial charge in [0.15, 0.2) is 0 Å². The van der Waals surface area contributed by atoms with Gasteiger partial charge in [-0.15, -0.1) is 0 Å². The highest BCUT2D eigenvalue weighted by Crippen LogP contribution is 2.35. The van der Waals surface area contributed by atoms with Crippen LogP contribution in [0, 0.1) is 5.92 Å². The van der Waals surface area contributed by atoms with E-state index in [4.69, 9.17) is 0 Å². The molecule has 0 aromatic heterocycles. The number of hydrogen-bond acceptors (Lipinski definition) is 2. The van der Waals surface area contributed by atoms with Crippen molar-refractivity contribution >= 4 is 0 Å². The third-order valence-electron chi connectivity index (χ3n) is 4.15. The van der Waals surface area contributed by atoms with Gasteiger partial charge < -0.3 is 5.32 Å². The Labute approximate surface area is 107 Å². The van der Waals surface area contributed by atoms with Crippen molar-refractivity contribution in [2.24, 2.45) is 5.92 Å². The zero-order valence-electron chi connectivity index (χ0n) is 11.2. The first-order valence-electron chi connectivity index (χ1n) is 6.83. The first kappa shape index (κ1) is 14.1. The van der Waals surface area contributed by atoms with E-state index in [1.807, 2.05) is 0 Å². The Morgan fingerprint density at radius 3 is 2.50 bits per heavy atom.